The van der Waals surface area contributed by atoms with Gasteiger partial charge in [-0.1, -0.05) is 23.2 Å². The zero-order valence-corrected chi connectivity index (χ0v) is 15.7. The normalized spacial score (nSPS) is 18.0. The first kappa shape index (κ1) is 19.3. The predicted molar refractivity (Wildman–Crippen MR) is 101 cm³/mol. The first-order valence-corrected chi connectivity index (χ1v) is 8.31. The molecule has 1 atom stereocenters. The summed E-state index contributed by atoms with van der Waals surface area (Å²) >= 11 is 12.4. The molecule has 0 spiro atoms. The van der Waals surface area contributed by atoms with E-state index in [1.54, 1.807) is 13.2 Å². The number of rotatable bonds is 4. The molecule has 0 bridgehead atoms. The van der Waals surface area contributed by atoms with E-state index in [0.29, 0.717) is 15.8 Å². The molecule has 1 aromatic heterocycles. The summed E-state index contributed by atoms with van der Waals surface area (Å²) in [7, 11) is 1.64. The highest BCUT2D eigenvalue weighted by atomic mass is 35.5. The lowest BCUT2D eigenvalue weighted by Crippen LogP contribution is -2.45. The highest BCUT2D eigenvalue weighted by Gasteiger charge is 2.25. The van der Waals surface area contributed by atoms with Crippen molar-refractivity contribution in [3.8, 4) is 5.75 Å². The molecule has 130 valence electrons. The number of piperazine rings is 1. The molecular formula is C17H20Cl3N3O. The third-order valence-electron chi connectivity index (χ3n) is 4.11. The lowest BCUT2D eigenvalue weighted by molar-refractivity contribution is 0.152. The number of aromatic nitrogens is 1. The summed E-state index contributed by atoms with van der Waals surface area (Å²) < 4.78 is 5.47. The van der Waals surface area contributed by atoms with Crippen LogP contribution in [0.2, 0.25) is 10.0 Å². The van der Waals surface area contributed by atoms with Crippen molar-refractivity contribution in [3.63, 3.8) is 0 Å². The van der Waals surface area contributed by atoms with Gasteiger partial charge in [-0.25, -0.2) is 0 Å². The molecule has 2 aromatic rings. The molecule has 3 rings (SSSR count). The molecule has 1 fully saturated rings. The van der Waals surface area contributed by atoms with E-state index in [-0.39, 0.29) is 18.4 Å². The molecule has 1 unspecified atom stereocenters. The van der Waals surface area contributed by atoms with Crippen LogP contribution in [0.1, 0.15) is 17.2 Å². The highest BCUT2D eigenvalue weighted by molar-refractivity contribution is 6.35. The summed E-state index contributed by atoms with van der Waals surface area (Å²) in [6, 6.07) is 8.05. The fourth-order valence-electron chi connectivity index (χ4n) is 3.03. The van der Waals surface area contributed by atoms with E-state index in [1.807, 2.05) is 18.5 Å². The summed E-state index contributed by atoms with van der Waals surface area (Å²) in [6.45, 7) is 3.54. The van der Waals surface area contributed by atoms with Crippen LogP contribution in [0.4, 0.5) is 0 Å². The zero-order valence-electron chi connectivity index (χ0n) is 13.3. The Bertz CT molecular complexity index is 670. The first-order chi connectivity index (χ1) is 11.2. The van der Waals surface area contributed by atoms with E-state index in [0.717, 1.165) is 31.7 Å². The average Bonchev–Trinajstić information content (AvgIpc) is 2.56. The van der Waals surface area contributed by atoms with Gasteiger partial charge in [0, 0.05) is 55.2 Å². The third kappa shape index (κ3) is 4.32. The Labute approximate surface area is 158 Å². The van der Waals surface area contributed by atoms with Gasteiger partial charge >= 0.3 is 0 Å². The van der Waals surface area contributed by atoms with Crippen LogP contribution in [0.15, 0.2) is 36.7 Å². The van der Waals surface area contributed by atoms with Crippen LogP contribution in [0.25, 0.3) is 0 Å². The minimum atomic E-state index is 0. The monoisotopic (exact) mass is 387 g/mol. The Kier molecular flexibility index (Phi) is 7.14. The number of methoxy groups -OCH3 is 1. The molecular weight excluding hydrogens is 369 g/mol. The SMILES string of the molecule is COc1c(Cl)cc(Cl)cc1CN1CCNCC1c1ccncc1.Cl. The quantitative estimate of drug-likeness (QED) is 0.860. The lowest BCUT2D eigenvalue weighted by atomic mass is 10.0. The molecule has 0 aliphatic carbocycles. The van der Waals surface area contributed by atoms with Crippen molar-refractivity contribution in [2.24, 2.45) is 0 Å². The lowest BCUT2D eigenvalue weighted by Gasteiger charge is -2.36. The molecule has 1 aliphatic rings. The van der Waals surface area contributed by atoms with Crippen molar-refractivity contribution in [1.82, 2.24) is 15.2 Å². The van der Waals surface area contributed by atoms with Gasteiger partial charge in [-0.3, -0.25) is 9.88 Å². The second kappa shape index (κ2) is 8.88. The number of pyridine rings is 1. The van der Waals surface area contributed by atoms with Crippen molar-refractivity contribution < 1.29 is 4.74 Å². The highest BCUT2D eigenvalue weighted by Crippen LogP contribution is 2.34. The Morgan fingerprint density at radius 1 is 1.29 bits per heavy atom. The molecule has 1 saturated heterocycles. The van der Waals surface area contributed by atoms with Crippen LogP contribution in [0.3, 0.4) is 0 Å². The molecule has 2 heterocycles. The number of hydrogen-bond acceptors (Lipinski definition) is 4. The van der Waals surface area contributed by atoms with Gasteiger partial charge in [0.05, 0.1) is 12.1 Å². The van der Waals surface area contributed by atoms with Crippen molar-refractivity contribution in [2.45, 2.75) is 12.6 Å². The third-order valence-corrected chi connectivity index (χ3v) is 4.61. The molecule has 0 amide bonds. The van der Waals surface area contributed by atoms with Crippen LogP contribution in [-0.2, 0) is 6.54 Å². The van der Waals surface area contributed by atoms with Gasteiger partial charge in [0.2, 0.25) is 0 Å². The number of ether oxygens (including phenoxy) is 1. The fourth-order valence-corrected chi connectivity index (χ4v) is 3.64. The molecule has 1 N–H and O–H groups in total. The van der Waals surface area contributed by atoms with Gasteiger partial charge in [-0.15, -0.1) is 12.4 Å². The maximum atomic E-state index is 6.26. The fraction of sp³-hybridized carbons (Fsp3) is 0.353. The van der Waals surface area contributed by atoms with Crippen LogP contribution >= 0.6 is 35.6 Å². The average molecular weight is 389 g/mol. The number of benzene rings is 1. The summed E-state index contributed by atoms with van der Waals surface area (Å²) in [5, 5.41) is 4.63. The Morgan fingerprint density at radius 2 is 2.04 bits per heavy atom. The Balaban J connectivity index is 0.00000208. The van der Waals surface area contributed by atoms with E-state index in [2.05, 4.69) is 27.3 Å². The number of nitrogens with one attached hydrogen (secondary N) is 1. The first-order valence-electron chi connectivity index (χ1n) is 7.55. The van der Waals surface area contributed by atoms with Crippen LogP contribution < -0.4 is 10.1 Å². The van der Waals surface area contributed by atoms with Crippen molar-refractivity contribution in [3.05, 3.63) is 57.8 Å². The number of halogens is 3. The summed E-state index contributed by atoms with van der Waals surface area (Å²) in [5.74, 6) is 0.697. The Morgan fingerprint density at radius 3 is 2.75 bits per heavy atom. The van der Waals surface area contributed by atoms with E-state index < -0.39 is 0 Å². The van der Waals surface area contributed by atoms with Gasteiger partial charge in [-0.05, 0) is 29.8 Å². The van der Waals surface area contributed by atoms with Gasteiger partial charge in [0.1, 0.15) is 5.75 Å². The molecule has 24 heavy (non-hydrogen) atoms. The predicted octanol–water partition coefficient (Wildman–Crippen LogP) is 3.97. The largest absolute Gasteiger partial charge is 0.495 e. The molecule has 1 aromatic carbocycles. The van der Waals surface area contributed by atoms with Crippen LogP contribution in [0, 0.1) is 0 Å². The second-order valence-electron chi connectivity index (χ2n) is 5.55. The summed E-state index contributed by atoms with van der Waals surface area (Å²) in [6.07, 6.45) is 3.66. The number of hydrogen-bond donors (Lipinski definition) is 1. The number of nitrogens with zero attached hydrogens (tertiary/aromatic N) is 2. The van der Waals surface area contributed by atoms with Crippen LogP contribution in [-0.4, -0.2) is 36.6 Å². The van der Waals surface area contributed by atoms with Gasteiger partial charge in [-0.2, -0.15) is 0 Å². The molecule has 7 heteroatoms. The van der Waals surface area contributed by atoms with Gasteiger partial charge in [0.25, 0.3) is 0 Å². The topological polar surface area (TPSA) is 37.4 Å². The minimum Gasteiger partial charge on any atom is -0.495 e. The van der Waals surface area contributed by atoms with Crippen molar-refractivity contribution >= 4 is 35.6 Å². The summed E-state index contributed by atoms with van der Waals surface area (Å²) in [5.41, 5.74) is 2.25. The zero-order chi connectivity index (χ0) is 16.2. The molecule has 4 nitrogen and oxygen atoms in total. The second-order valence-corrected chi connectivity index (χ2v) is 6.39. The van der Waals surface area contributed by atoms with E-state index in [4.69, 9.17) is 27.9 Å². The van der Waals surface area contributed by atoms with E-state index in [1.165, 1.54) is 5.56 Å². The standard InChI is InChI=1S/C17H19Cl2N3O.ClH/c1-23-17-13(8-14(18)9-15(17)19)11-22-7-6-21-10-16(22)12-2-4-20-5-3-12;/h2-5,8-9,16,21H,6-7,10-11H2,1H3;1H. The summed E-state index contributed by atoms with van der Waals surface area (Å²) in [4.78, 5) is 6.52. The molecule has 1 aliphatic heterocycles. The maximum Gasteiger partial charge on any atom is 0.142 e. The van der Waals surface area contributed by atoms with Crippen molar-refractivity contribution in [2.75, 3.05) is 26.7 Å². The van der Waals surface area contributed by atoms with Gasteiger partial charge in [0.15, 0.2) is 0 Å². The maximum absolute atomic E-state index is 6.26. The Hall–Kier alpha value is -1.04. The smallest absolute Gasteiger partial charge is 0.142 e. The molecule has 0 radical (unpaired) electrons. The van der Waals surface area contributed by atoms with Crippen molar-refractivity contribution in [1.29, 1.82) is 0 Å². The molecule has 0 saturated carbocycles. The van der Waals surface area contributed by atoms with Crippen LogP contribution in [0.5, 0.6) is 5.75 Å². The van der Waals surface area contributed by atoms with E-state index >= 15 is 0 Å². The minimum absolute atomic E-state index is 0. The van der Waals surface area contributed by atoms with E-state index in [9.17, 15) is 0 Å². The van der Waals surface area contributed by atoms with Gasteiger partial charge < -0.3 is 10.1 Å².